The molecule has 0 heterocycles. The molecule has 5 rings (SSSR count). The minimum atomic E-state index is 0.840. The van der Waals surface area contributed by atoms with Gasteiger partial charge >= 0.3 is 0 Å². The van der Waals surface area contributed by atoms with Gasteiger partial charge in [-0.1, -0.05) is 13.8 Å². The van der Waals surface area contributed by atoms with Gasteiger partial charge in [0.2, 0.25) is 0 Å². The molecule has 2 bridgehead atoms. The highest BCUT2D eigenvalue weighted by Crippen LogP contribution is 3.00. The zero-order chi connectivity index (χ0) is 6.72. The largest absolute Gasteiger partial charge is 0.0617 e. The molecular formula is C10H14. The van der Waals surface area contributed by atoms with E-state index in [-0.39, 0.29) is 0 Å². The third-order valence-corrected chi connectivity index (χ3v) is 5.87. The quantitative estimate of drug-likeness (QED) is 0.477. The number of hydrogen-bond acceptors (Lipinski definition) is 0. The molecular weight excluding hydrogens is 120 g/mol. The summed E-state index contributed by atoms with van der Waals surface area (Å²) in [5, 5.41) is 0. The Kier molecular flexibility index (Phi) is 0.408. The molecule has 0 aromatic rings. The predicted octanol–water partition coefficient (Wildman–Crippen LogP) is 2.30. The highest BCUT2D eigenvalue weighted by atomic mass is 15.0. The van der Waals surface area contributed by atoms with Gasteiger partial charge in [0, 0.05) is 0 Å². The topological polar surface area (TPSA) is 0 Å². The van der Waals surface area contributed by atoms with Crippen molar-refractivity contribution >= 4 is 0 Å². The molecule has 0 amide bonds. The van der Waals surface area contributed by atoms with Gasteiger partial charge < -0.3 is 0 Å². The second-order valence-corrected chi connectivity index (χ2v) is 5.47. The summed E-state index contributed by atoms with van der Waals surface area (Å²) in [6, 6.07) is 0. The highest BCUT2D eigenvalue weighted by Gasteiger charge is 2.95. The monoisotopic (exact) mass is 134 g/mol. The fraction of sp³-hybridized carbons (Fsp3) is 1.00. The summed E-state index contributed by atoms with van der Waals surface area (Å²) in [4.78, 5) is 0. The van der Waals surface area contributed by atoms with E-state index in [0.717, 1.165) is 16.7 Å². The van der Waals surface area contributed by atoms with E-state index in [0.29, 0.717) is 0 Å². The van der Waals surface area contributed by atoms with Crippen molar-refractivity contribution in [3.05, 3.63) is 0 Å². The second-order valence-electron chi connectivity index (χ2n) is 5.47. The van der Waals surface area contributed by atoms with Crippen LogP contribution in [0.4, 0.5) is 0 Å². The van der Waals surface area contributed by atoms with Crippen molar-refractivity contribution in [1.29, 1.82) is 0 Å². The van der Waals surface area contributed by atoms with Gasteiger partial charge in [0.15, 0.2) is 0 Å². The first-order valence-electron chi connectivity index (χ1n) is 4.72. The van der Waals surface area contributed by atoms with E-state index in [1.807, 2.05) is 0 Å². The van der Waals surface area contributed by atoms with Crippen molar-refractivity contribution in [1.82, 2.24) is 0 Å². The highest BCUT2D eigenvalue weighted by molar-refractivity contribution is 5.42. The van der Waals surface area contributed by atoms with Gasteiger partial charge in [-0.2, -0.15) is 0 Å². The van der Waals surface area contributed by atoms with Crippen LogP contribution < -0.4 is 0 Å². The van der Waals surface area contributed by atoms with Crippen molar-refractivity contribution in [2.45, 2.75) is 26.7 Å². The molecule has 0 heteroatoms. The van der Waals surface area contributed by atoms with E-state index in [1.165, 1.54) is 17.8 Å². The molecule has 1 spiro atoms. The van der Waals surface area contributed by atoms with Crippen molar-refractivity contribution in [3.8, 4) is 0 Å². The molecule has 5 aliphatic carbocycles. The SMILES string of the molecule is CC1C2C3C4CC1(C)C32C4. The Balaban J connectivity index is 1.99. The van der Waals surface area contributed by atoms with Crippen LogP contribution in [-0.2, 0) is 0 Å². The Morgan fingerprint density at radius 2 is 2.00 bits per heavy atom. The molecule has 5 aliphatic rings. The number of rotatable bonds is 0. The van der Waals surface area contributed by atoms with Gasteiger partial charge in [-0.05, 0) is 47.3 Å². The molecule has 0 aromatic carbocycles. The van der Waals surface area contributed by atoms with Crippen LogP contribution in [0.1, 0.15) is 26.7 Å². The van der Waals surface area contributed by atoms with Crippen LogP contribution in [0, 0.1) is 34.5 Å². The Labute approximate surface area is 62.0 Å². The first-order chi connectivity index (χ1) is 4.72. The van der Waals surface area contributed by atoms with Gasteiger partial charge in [-0.25, -0.2) is 0 Å². The van der Waals surface area contributed by atoms with E-state index in [9.17, 15) is 0 Å². The normalized spacial score (nSPS) is 87.0. The van der Waals surface area contributed by atoms with Crippen LogP contribution in [0.5, 0.6) is 0 Å². The Morgan fingerprint density at radius 1 is 1.20 bits per heavy atom. The summed E-state index contributed by atoms with van der Waals surface area (Å²) in [5.41, 5.74) is 1.81. The van der Waals surface area contributed by atoms with Gasteiger partial charge in [-0.3, -0.25) is 0 Å². The fourth-order valence-corrected chi connectivity index (χ4v) is 5.48. The fourth-order valence-electron chi connectivity index (χ4n) is 5.48. The molecule has 54 valence electrons. The zero-order valence-corrected chi connectivity index (χ0v) is 6.72. The average Bonchev–Trinajstić information content (AvgIpc) is 2.15. The molecule has 10 heavy (non-hydrogen) atoms. The van der Waals surface area contributed by atoms with E-state index in [4.69, 9.17) is 0 Å². The third kappa shape index (κ3) is 0.177. The summed E-state index contributed by atoms with van der Waals surface area (Å²) < 4.78 is 0. The summed E-state index contributed by atoms with van der Waals surface area (Å²) >= 11 is 0. The smallest absolute Gasteiger partial charge is 0.0170 e. The first kappa shape index (κ1) is 4.79. The molecule has 5 saturated carbocycles. The lowest BCUT2D eigenvalue weighted by Crippen LogP contribution is -2.43. The Hall–Kier alpha value is 0. The molecule has 0 aliphatic heterocycles. The molecule has 0 saturated heterocycles. The van der Waals surface area contributed by atoms with E-state index in [1.54, 1.807) is 12.8 Å². The predicted molar refractivity (Wildman–Crippen MR) is 39.4 cm³/mol. The lowest BCUT2D eigenvalue weighted by Gasteiger charge is -2.48. The molecule has 0 aromatic heterocycles. The summed E-state index contributed by atoms with van der Waals surface area (Å²) in [7, 11) is 0. The van der Waals surface area contributed by atoms with Crippen LogP contribution in [-0.4, -0.2) is 0 Å². The van der Waals surface area contributed by atoms with Crippen molar-refractivity contribution in [3.63, 3.8) is 0 Å². The minimum Gasteiger partial charge on any atom is -0.0617 e. The minimum absolute atomic E-state index is 0.840. The standard InChI is InChI=1S/C10H14/c1-5-7-8-6-3-9(5,2)10(7,8)4-6/h5-8H,3-4H2,1-2H3. The Bertz CT molecular complexity index is 236. The summed E-state index contributed by atoms with van der Waals surface area (Å²) in [6.45, 7) is 5.05. The van der Waals surface area contributed by atoms with Crippen molar-refractivity contribution in [2.75, 3.05) is 0 Å². The first-order valence-corrected chi connectivity index (χ1v) is 4.72. The lowest BCUT2D eigenvalue weighted by molar-refractivity contribution is -0.00748. The van der Waals surface area contributed by atoms with Gasteiger partial charge in [0.25, 0.3) is 0 Å². The summed E-state index contributed by atoms with van der Waals surface area (Å²) in [5.74, 6) is 4.76. The van der Waals surface area contributed by atoms with E-state index >= 15 is 0 Å². The van der Waals surface area contributed by atoms with Gasteiger partial charge in [-0.15, -0.1) is 0 Å². The molecule has 6 atom stereocenters. The Morgan fingerprint density at radius 3 is 2.30 bits per heavy atom. The average molecular weight is 134 g/mol. The maximum Gasteiger partial charge on any atom is -0.0170 e. The molecule has 0 nitrogen and oxygen atoms in total. The van der Waals surface area contributed by atoms with Crippen molar-refractivity contribution < 1.29 is 0 Å². The van der Waals surface area contributed by atoms with E-state index < -0.39 is 0 Å². The molecule has 0 radical (unpaired) electrons. The van der Waals surface area contributed by atoms with Crippen molar-refractivity contribution in [2.24, 2.45) is 34.5 Å². The maximum atomic E-state index is 2.56. The molecule has 6 unspecified atom stereocenters. The maximum absolute atomic E-state index is 2.56. The van der Waals surface area contributed by atoms with Gasteiger partial charge in [0.1, 0.15) is 0 Å². The number of hydrogen-bond donors (Lipinski definition) is 0. The van der Waals surface area contributed by atoms with Crippen LogP contribution >= 0.6 is 0 Å². The van der Waals surface area contributed by atoms with E-state index in [2.05, 4.69) is 13.8 Å². The summed E-state index contributed by atoms with van der Waals surface area (Å²) in [6.07, 6.45) is 3.22. The van der Waals surface area contributed by atoms with Crippen LogP contribution in [0.2, 0.25) is 0 Å². The zero-order valence-electron chi connectivity index (χ0n) is 6.72. The molecule has 0 N–H and O–H groups in total. The van der Waals surface area contributed by atoms with Crippen LogP contribution in [0.15, 0.2) is 0 Å². The van der Waals surface area contributed by atoms with Crippen LogP contribution in [0.25, 0.3) is 0 Å². The van der Waals surface area contributed by atoms with Crippen LogP contribution in [0.3, 0.4) is 0 Å². The van der Waals surface area contributed by atoms with Gasteiger partial charge in [0.05, 0.1) is 0 Å². The molecule has 5 fully saturated rings. The lowest BCUT2D eigenvalue weighted by atomic mass is 9.56. The third-order valence-electron chi connectivity index (χ3n) is 5.87. The second kappa shape index (κ2) is 0.852.